The normalized spacial score (nSPS) is 13.4. The third-order valence-electron chi connectivity index (χ3n) is 4.77. The van der Waals surface area contributed by atoms with Gasteiger partial charge in [-0.3, -0.25) is 14.8 Å². The molecule has 1 aliphatic carbocycles. The zero-order chi connectivity index (χ0) is 17.9. The van der Waals surface area contributed by atoms with Crippen LogP contribution in [-0.4, -0.2) is 20.7 Å². The van der Waals surface area contributed by atoms with E-state index in [1.54, 1.807) is 17.5 Å². The molecule has 1 N–H and O–H groups in total. The van der Waals surface area contributed by atoms with Gasteiger partial charge in [0, 0.05) is 4.88 Å². The monoisotopic (exact) mass is 366 g/mol. The lowest BCUT2D eigenvalue weighted by molar-refractivity contribution is 0.102. The molecular weight excluding hydrogens is 344 g/mol. The Kier molecular flexibility index (Phi) is 4.84. The van der Waals surface area contributed by atoms with Crippen molar-refractivity contribution in [1.82, 2.24) is 14.8 Å². The van der Waals surface area contributed by atoms with E-state index in [4.69, 9.17) is 0 Å². The summed E-state index contributed by atoms with van der Waals surface area (Å²) in [7, 11) is 0. The zero-order valence-electron chi connectivity index (χ0n) is 14.9. The van der Waals surface area contributed by atoms with Gasteiger partial charge < -0.3 is 0 Å². The van der Waals surface area contributed by atoms with Crippen molar-refractivity contribution in [1.29, 1.82) is 0 Å². The number of amides is 1. The first-order chi connectivity index (χ1) is 12.7. The predicted molar refractivity (Wildman–Crippen MR) is 104 cm³/mol. The van der Waals surface area contributed by atoms with E-state index in [-0.39, 0.29) is 5.91 Å². The molecular formula is C20H22N4OS. The van der Waals surface area contributed by atoms with Crippen LogP contribution in [0.2, 0.25) is 0 Å². The Hall–Kier alpha value is -2.47. The maximum absolute atomic E-state index is 12.8. The lowest BCUT2D eigenvalue weighted by Gasteiger charge is -2.08. The summed E-state index contributed by atoms with van der Waals surface area (Å²) in [5.41, 5.74) is 3.92. The highest BCUT2D eigenvalue weighted by molar-refractivity contribution is 7.15. The van der Waals surface area contributed by atoms with E-state index in [2.05, 4.69) is 34.5 Å². The Morgan fingerprint density at radius 1 is 1.23 bits per heavy atom. The predicted octanol–water partition coefficient (Wildman–Crippen LogP) is 4.08. The minimum atomic E-state index is -0.118. The highest BCUT2D eigenvalue weighted by atomic mass is 32.1. The summed E-state index contributed by atoms with van der Waals surface area (Å²) < 4.78 is 1.91. The molecule has 0 fully saturated rings. The van der Waals surface area contributed by atoms with Crippen molar-refractivity contribution >= 4 is 22.4 Å². The van der Waals surface area contributed by atoms with Crippen LogP contribution in [0.3, 0.4) is 0 Å². The number of nitrogens with zero attached hydrogens (tertiary/aromatic N) is 3. The quantitative estimate of drug-likeness (QED) is 0.740. The van der Waals surface area contributed by atoms with Gasteiger partial charge in [-0.25, -0.2) is 4.98 Å². The molecule has 0 aliphatic heterocycles. The van der Waals surface area contributed by atoms with Gasteiger partial charge in [-0.1, -0.05) is 37.3 Å². The Morgan fingerprint density at radius 2 is 2.04 bits per heavy atom. The van der Waals surface area contributed by atoms with Crippen LogP contribution in [0.15, 0.2) is 36.5 Å². The number of aryl methyl sites for hydroxylation is 2. The van der Waals surface area contributed by atoms with Crippen molar-refractivity contribution in [2.75, 3.05) is 5.32 Å². The number of nitrogens with one attached hydrogen (secondary N) is 1. The molecule has 0 bridgehead atoms. The van der Waals surface area contributed by atoms with E-state index in [9.17, 15) is 4.79 Å². The third kappa shape index (κ3) is 3.42. The van der Waals surface area contributed by atoms with Crippen molar-refractivity contribution in [3.8, 4) is 0 Å². The molecule has 134 valence electrons. The molecule has 1 aromatic carbocycles. The second-order valence-electron chi connectivity index (χ2n) is 6.55. The van der Waals surface area contributed by atoms with Crippen LogP contribution in [0, 0.1) is 0 Å². The summed E-state index contributed by atoms with van der Waals surface area (Å²) in [5.74, 6) is -0.118. The number of aromatic nitrogens is 3. The fraction of sp³-hybridized carbons (Fsp3) is 0.350. The van der Waals surface area contributed by atoms with Gasteiger partial charge in [0.2, 0.25) is 0 Å². The number of hydrogen-bond acceptors (Lipinski definition) is 4. The van der Waals surface area contributed by atoms with Crippen molar-refractivity contribution < 1.29 is 4.79 Å². The number of carbonyl (C=O) groups excluding carboxylic acids is 1. The average Bonchev–Trinajstić information content (AvgIpc) is 3.25. The molecule has 5 nitrogen and oxygen atoms in total. The Balaban J connectivity index is 1.53. The molecule has 1 amide bonds. The lowest BCUT2D eigenvalue weighted by atomic mass is 10.0. The number of fused-ring (bicyclic) bond motifs is 1. The van der Waals surface area contributed by atoms with Gasteiger partial charge in [-0.15, -0.1) is 11.3 Å². The number of carbonyl (C=O) groups is 1. The van der Waals surface area contributed by atoms with Crippen LogP contribution in [0.5, 0.6) is 0 Å². The Bertz CT molecular complexity index is 890. The second-order valence-corrected chi connectivity index (χ2v) is 7.64. The molecule has 0 saturated carbocycles. The van der Waals surface area contributed by atoms with Crippen molar-refractivity contribution in [2.24, 2.45) is 0 Å². The van der Waals surface area contributed by atoms with Gasteiger partial charge in [0.05, 0.1) is 29.7 Å². The van der Waals surface area contributed by atoms with E-state index in [0.29, 0.717) is 17.2 Å². The summed E-state index contributed by atoms with van der Waals surface area (Å²) in [6.45, 7) is 2.72. The van der Waals surface area contributed by atoms with Crippen molar-refractivity contribution in [2.45, 2.75) is 45.6 Å². The minimum absolute atomic E-state index is 0.118. The first-order valence-corrected chi connectivity index (χ1v) is 9.94. The van der Waals surface area contributed by atoms with Crippen LogP contribution < -0.4 is 5.32 Å². The number of rotatable bonds is 5. The lowest BCUT2D eigenvalue weighted by Crippen LogP contribution is -2.15. The molecule has 0 unspecified atom stereocenters. The molecule has 26 heavy (non-hydrogen) atoms. The number of hydrogen-bond donors (Lipinski definition) is 1. The average molecular weight is 366 g/mol. The van der Waals surface area contributed by atoms with Crippen LogP contribution >= 0.6 is 11.3 Å². The fourth-order valence-corrected chi connectivity index (χ4v) is 4.48. The summed E-state index contributed by atoms with van der Waals surface area (Å²) in [6, 6.07) is 10.2. The minimum Gasteiger partial charge on any atom is -0.298 e. The maximum Gasteiger partial charge on any atom is 0.260 e. The number of thiazole rings is 1. The van der Waals surface area contributed by atoms with E-state index >= 15 is 0 Å². The van der Waals surface area contributed by atoms with E-state index in [1.807, 2.05) is 22.9 Å². The highest BCUT2D eigenvalue weighted by Crippen LogP contribution is 2.30. The fourth-order valence-electron chi connectivity index (χ4n) is 3.44. The summed E-state index contributed by atoms with van der Waals surface area (Å²) >= 11 is 1.61. The molecule has 0 radical (unpaired) electrons. The first-order valence-electron chi connectivity index (χ1n) is 9.13. The largest absolute Gasteiger partial charge is 0.298 e. The van der Waals surface area contributed by atoms with Crippen LogP contribution in [0.1, 0.15) is 52.0 Å². The van der Waals surface area contributed by atoms with Crippen molar-refractivity contribution in [3.63, 3.8) is 0 Å². The van der Waals surface area contributed by atoms with E-state index in [0.717, 1.165) is 30.7 Å². The molecule has 4 rings (SSSR count). The Labute approximate surface area is 157 Å². The maximum atomic E-state index is 12.8. The molecule has 1 aliphatic rings. The molecule has 0 spiro atoms. The SMILES string of the molecule is CCc1c(C(=O)Nc2nc3c(s2)CCCC3)cnn1Cc1ccccc1. The van der Waals surface area contributed by atoms with E-state index in [1.165, 1.54) is 23.3 Å². The van der Waals surface area contributed by atoms with Gasteiger partial charge in [-0.2, -0.15) is 5.10 Å². The topological polar surface area (TPSA) is 59.8 Å². The summed E-state index contributed by atoms with van der Waals surface area (Å²) in [6.07, 6.45) is 6.94. The number of anilines is 1. The zero-order valence-corrected chi connectivity index (χ0v) is 15.7. The molecule has 0 saturated heterocycles. The second kappa shape index (κ2) is 7.41. The van der Waals surface area contributed by atoms with Crippen LogP contribution in [0.4, 0.5) is 5.13 Å². The first kappa shape index (κ1) is 17.0. The third-order valence-corrected chi connectivity index (χ3v) is 5.84. The Morgan fingerprint density at radius 3 is 2.81 bits per heavy atom. The van der Waals surface area contributed by atoms with Crippen molar-refractivity contribution in [3.05, 3.63) is 63.9 Å². The van der Waals surface area contributed by atoms with Gasteiger partial charge in [-0.05, 0) is 37.7 Å². The summed E-state index contributed by atoms with van der Waals surface area (Å²) in [5, 5.41) is 8.14. The van der Waals surface area contributed by atoms with Crippen LogP contribution in [-0.2, 0) is 25.8 Å². The molecule has 6 heteroatoms. The summed E-state index contributed by atoms with van der Waals surface area (Å²) in [4.78, 5) is 18.7. The molecule has 2 aromatic heterocycles. The van der Waals surface area contributed by atoms with Gasteiger partial charge in [0.1, 0.15) is 0 Å². The van der Waals surface area contributed by atoms with Crippen LogP contribution in [0.25, 0.3) is 0 Å². The smallest absolute Gasteiger partial charge is 0.260 e. The highest BCUT2D eigenvalue weighted by Gasteiger charge is 2.20. The molecule has 0 atom stereocenters. The standard InChI is InChI=1S/C20H22N4OS/c1-2-17-15(12-21-24(17)13-14-8-4-3-5-9-14)19(25)23-20-22-16-10-6-7-11-18(16)26-20/h3-5,8-9,12H,2,6-7,10-11,13H2,1H3,(H,22,23,25). The molecule has 2 heterocycles. The molecule has 3 aromatic rings. The van der Waals surface area contributed by atoms with Gasteiger partial charge in [0.25, 0.3) is 5.91 Å². The van der Waals surface area contributed by atoms with E-state index < -0.39 is 0 Å². The van der Waals surface area contributed by atoms with Gasteiger partial charge in [0.15, 0.2) is 5.13 Å². The number of benzene rings is 1. The van der Waals surface area contributed by atoms with Gasteiger partial charge >= 0.3 is 0 Å².